The summed E-state index contributed by atoms with van der Waals surface area (Å²) >= 11 is 0. The van der Waals surface area contributed by atoms with E-state index in [1.165, 1.54) is 0 Å². The van der Waals surface area contributed by atoms with Crippen molar-refractivity contribution >= 4 is 16.8 Å². The molecule has 0 radical (unpaired) electrons. The second-order valence-corrected chi connectivity index (χ2v) is 5.05. The average Bonchev–Trinajstić information content (AvgIpc) is 2.89. The smallest absolute Gasteiger partial charge is 0.277 e. The zero-order chi connectivity index (χ0) is 15.3. The summed E-state index contributed by atoms with van der Waals surface area (Å²) in [6.07, 6.45) is 3.48. The number of alkyl halides is 2. The summed E-state index contributed by atoms with van der Waals surface area (Å²) in [4.78, 5) is 14.7. The second-order valence-electron chi connectivity index (χ2n) is 5.05. The van der Waals surface area contributed by atoms with Crippen LogP contribution < -0.4 is 11.1 Å². The van der Waals surface area contributed by atoms with Crippen molar-refractivity contribution in [3.63, 3.8) is 0 Å². The number of H-pyrrole nitrogens is 1. The van der Waals surface area contributed by atoms with E-state index in [1.54, 1.807) is 0 Å². The van der Waals surface area contributed by atoms with Crippen LogP contribution >= 0.6 is 0 Å². The Balaban J connectivity index is 1.78. The highest BCUT2D eigenvalue weighted by Gasteiger charge is 2.26. The number of hydrogen-bond acceptors (Lipinski definition) is 2. The van der Waals surface area contributed by atoms with Gasteiger partial charge in [-0.3, -0.25) is 4.79 Å². The summed E-state index contributed by atoms with van der Waals surface area (Å²) in [5.74, 6) is -3.41. The first kappa shape index (κ1) is 15.4. The van der Waals surface area contributed by atoms with Crippen LogP contribution in [0.25, 0.3) is 10.9 Å². The van der Waals surface area contributed by atoms with Crippen molar-refractivity contribution in [2.24, 2.45) is 5.73 Å². The van der Waals surface area contributed by atoms with Crippen molar-refractivity contribution in [2.75, 3.05) is 13.1 Å². The molecule has 0 saturated carbocycles. The number of amides is 1. The average molecular weight is 295 g/mol. The molecule has 0 spiro atoms. The van der Waals surface area contributed by atoms with E-state index in [2.05, 4.69) is 10.3 Å². The maximum absolute atomic E-state index is 12.9. The van der Waals surface area contributed by atoms with Crippen molar-refractivity contribution in [3.05, 3.63) is 36.0 Å². The van der Waals surface area contributed by atoms with E-state index in [-0.39, 0.29) is 12.3 Å². The van der Waals surface area contributed by atoms with Crippen LogP contribution in [0, 0.1) is 0 Å². The quantitative estimate of drug-likeness (QED) is 0.733. The number of benzene rings is 1. The van der Waals surface area contributed by atoms with Crippen LogP contribution in [0.2, 0.25) is 0 Å². The molecule has 0 saturated heterocycles. The number of rotatable bonds is 7. The normalized spacial score (nSPS) is 11.8. The second kappa shape index (κ2) is 6.67. The Morgan fingerprint density at radius 1 is 1.33 bits per heavy atom. The molecule has 21 heavy (non-hydrogen) atoms. The first-order chi connectivity index (χ1) is 10.0. The molecule has 0 aliphatic heterocycles. The number of hydrogen-bond donors (Lipinski definition) is 3. The molecule has 114 valence electrons. The lowest BCUT2D eigenvalue weighted by atomic mass is 10.1. The predicted molar refractivity (Wildman–Crippen MR) is 78.2 cm³/mol. The predicted octanol–water partition coefficient (Wildman–Crippen LogP) is 2.20. The molecule has 0 fully saturated rings. The molecule has 1 aromatic carbocycles. The number of fused-ring (bicyclic) bond motifs is 1. The summed E-state index contributed by atoms with van der Waals surface area (Å²) in [5.41, 5.74) is 7.09. The Hall–Kier alpha value is -1.95. The van der Waals surface area contributed by atoms with Gasteiger partial charge in [0.2, 0.25) is 5.91 Å². The zero-order valence-electron chi connectivity index (χ0n) is 11.7. The van der Waals surface area contributed by atoms with Crippen molar-refractivity contribution in [1.82, 2.24) is 10.3 Å². The third-order valence-corrected chi connectivity index (χ3v) is 3.37. The lowest BCUT2D eigenvalue weighted by molar-refractivity contribution is -0.122. The third kappa shape index (κ3) is 4.26. The van der Waals surface area contributed by atoms with Crippen LogP contribution in [-0.4, -0.2) is 29.9 Å². The van der Waals surface area contributed by atoms with Gasteiger partial charge < -0.3 is 16.0 Å². The van der Waals surface area contributed by atoms with Crippen molar-refractivity contribution in [2.45, 2.75) is 25.2 Å². The molecule has 0 unspecified atom stereocenters. The maximum atomic E-state index is 12.9. The molecule has 4 N–H and O–H groups in total. The number of para-hydroxylation sites is 1. The largest absolute Gasteiger partial charge is 0.361 e. The molecule has 2 rings (SSSR count). The Morgan fingerprint density at radius 2 is 2.10 bits per heavy atom. The summed E-state index contributed by atoms with van der Waals surface area (Å²) in [6, 6.07) is 7.92. The standard InChI is InChI=1S/C15H19F2N3O/c16-15(17,9-18)10-20-14(21)7-3-4-11-8-19-13-6-2-1-5-12(11)13/h1-2,5-6,8,19H,3-4,7,9-10,18H2,(H,20,21). The van der Waals surface area contributed by atoms with E-state index in [4.69, 9.17) is 5.73 Å². The summed E-state index contributed by atoms with van der Waals surface area (Å²) in [5, 5.41) is 3.35. The Kier molecular flexibility index (Phi) is 4.90. The molecule has 1 amide bonds. The van der Waals surface area contributed by atoms with E-state index in [9.17, 15) is 13.6 Å². The van der Waals surface area contributed by atoms with Gasteiger partial charge in [-0.2, -0.15) is 0 Å². The van der Waals surface area contributed by atoms with Crippen molar-refractivity contribution < 1.29 is 13.6 Å². The molecule has 0 atom stereocenters. The molecule has 0 bridgehead atoms. The zero-order valence-corrected chi connectivity index (χ0v) is 11.7. The fraction of sp³-hybridized carbons (Fsp3) is 0.400. The van der Waals surface area contributed by atoms with Crippen LogP contribution in [0.5, 0.6) is 0 Å². The lowest BCUT2D eigenvalue weighted by Crippen LogP contribution is -2.41. The molecule has 6 heteroatoms. The fourth-order valence-corrected chi connectivity index (χ4v) is 2.17. The van der Waals surface area contributed by atoms with Gasteiger partial charge in [0.1, 0.15) is 0 Å². The third-order valence-electron chi connectivity index (χ3n) is 3.37. The Labute approximate surface area is 121 Å². The monoisotopic (exact) mass is 295 g/mol. The summed E-state index contributed by atoms with van der Waals surface area (Å²) in [6.45, 7) is -1.46. The topological polar surface area (TPSA) is 70.9 Å². The van der Waals surface area contributed by atoms with Gasteiger partial charge in [-0.25, -0.2) is 8.78 Å². The number of carbonyl (C=O) groups excluding carboxylic acids is 1. The Bertz CT molecular complexity index is 610. The minimum atomic E-state index is -3.04. The summed E-state index contributed by atoms with van der Waals surface area (Å²) in [7, 11) is 0. The molecule has 0 aliphatic carbocycles. The van der Waals surface area contributed by atoms with Crippen LogP contribution in [-0.2, 0) is 11.2 Å². The highest BCUT2D eigenvalue weighted by molar-refractivity contribution is 5.83. The van der Waals surface area contributed by atoms with Gasteiger partial charge in [0.15, 0.2) is 0 Å². The highest BCUT2D eigenvalue weighted by Crippen LogP contribution is 2.19. The SMILES string of the molecule is NCC(F)(F)CNC(=O)CCCc1c[nH]c2ccccc12. The number of nitrogens with two attached hydrogens (primary N) is 1. The van der Waals surface area contributed by atoms with Crippen molar-refractivity contribution in [1.29, 1.82) is 0 Å². The molecular weight excluding hydrogens is 276 g/mol. The van der Waals surface area contributed by atoms with Crippen LogP contribution in [0.3, 0.4) is 0 Å². The van der Waals surface area contributed by atoms with Gasteiger partial charge >= 0.3 is 0 Å². The van der Waals surface area contributed by atoms with Crippen LogP contribution in [0.15, 0.2) is 30.5 Å². The van der Waals surface area contributed by atoms with Gasteiger partial charge in [0, 0.05) is 23.5 Å². The first-order valence-electron chi connectivity index (χ1n) is 6.91. The lowest BCUT2D eigenvalue weighted by Gasteiger charge is -2.14. The highest BCUT2D eigenvalue weighted by atomic mass is 19.3. The minimum absolute atomic E-state index is 0.222. The number of nitrogens with one attached hydrogen (secondary N) is 2. The van der Waals surface area contributed by atoms with E-state index in [0.717, 1.165) is 22.9 Å². The maximum Gasteiger partial charge on any atom is 0.277 e. The van der Waals surface area contributed by atoms with Gasteiger partial charge in [-0.1, -0.05) is 18.2 Å². The molecule has 0 aliphatic rings. The molecule has 1 aromatic heterocycles. The molecule has 1 heterocycles. The van der Waals surface area contributed by atoms with E-state index >= 15 is 0 Å². The number of aromatic nitrogens is 1. The summed E-state index contributed by atoms with van der Waals surface area (Å²) < 4.78 is 25.8. The molecule has 2 aromatic rings. The minimum Gasteiger partial charge on any atom is -0.361 e. The number of aromatic amines is 1. The van der Waals surface area contributed by atoms with Gasteiger partial charge in [0.05, 0.1) is 13.1 Å². The van der Waals surface area contributed by atoms with Gasteiger partial charge in [-0.05, 0) is 24.5 Å². The number of carbonyl (C=O) groups is 1. The number of aryl methyl sites for hydroxylation is 1. The van der Waals surface area contributed by atoms with Crippen LogP contribution in [0.1, 0.15) is 18.4 Å². The van der Waals surface area contributed by atoms with E-state index in [1.807, 2.05) is 30.5 Å². The molecule has 4 nitrogen and oxygen atoms in total. The van der Waals surface area contributed by atoms with Gasteiger partial charge in [-0.15, -0.1) is 0 Å². The van der Waals surface area contributed by atoms with E-state index in [0.29, 0.717) is 6.42 Å². The number of halogens is 2. The Morgan fingerprint density at radius 3 is 2.86 bits per heavy atom. The molecular formula is C15H19F2N3O. The first-order valence-corrected chi connectivity index (χ1v) is 6.91. The van der Waals surface area contributed by atoms with E-state index < -0.39 is 19.0 Å². The fourth-order valence-electron chi connectivity index (χ4n) is 2.17. The van der Waals surface area contributed by atoms with Gasteiger partial charge in [0.25, 0.3) is 5.92 Å². The van der Waals surface area contributed by atoms with Crippen LogP contribution in [0.4, 0.5) is 8.78 Å². The van der Waals surface area contributed by atoms with Crippen molar-refractivity contribution in [3.8, 4) is 0 Å².